The summed E-state index contributed by atoms with van der Waals surface area (Å²) in [6.45, 7) is 0. The maximum atomic E-state index is 11.6. The molecule has 1 aromatic rings. The van der Waals surface area contributed by atoms with E-state index in [0.29, 0.717) is 17.3 Å². The number of carbonyl (C=O) groups excluding carboxylic acids is 1. The first-order valence-corrected chi connectivity index (χ1v) is 5.34. The summed E-state index contributed by atoms with van der Waals surface area (Å²) in [7, 11) is 3.38. The van der Waals surface area contributed by atoms with Gasteiger partial charge in [-0.15, -0.1) is 0 Å². The molecular weight excluding hydrogens is 204 g/mol. The van der Waals surface area contributed by atoms with Crippen molar-refractivity contribution in [3.05, 3.63) is 23.8 Å². The van der Waals surface area contributed by atoms with E-state index in [4.69, 9.17) is 10.5 Å². The van der Waals surface area contributed by atoms with E-state index >= 15 is 0 Å². The van der Waals surface area contributed by atoms with Crippen LogP contribution < -0.4 is 10.6 Å². The molecule has 1 aromatic carbocycles. The Kier molecular flexibility index (Phi) is 2.73. The molecule has 4 nitrogen and oxygen atoms in total. The van der Waals surface area contributed by atoms with E-state index < -0.39 is 0 Å². The van der Waals surface area contributed by atoms with Gasteiger partial charge in [0.25, 0.3) is 0 Å². The van der Waals surface area contributed by atoms with Crippen LogP contribution in [0.15, 0.2) is 18.2 Å². The fraction of sp³-hybridized carbons (Fsp3) is 0.417. The molecular formula is C12H16N2O2. The predicted molar refractivity (Wildman–Crippen MR) is 63.6 cm³/mol. The maximum absolute atomic E-state index is 11.6. The van der Waals surface area contributed by atoms with Crippen LogP contribution in [0.5, 0.6) is 0 Å². The van der Waals surface area contributed by atoms with E-state index in [9.17, 15) is 4.79 Å². The third kappa shape index (κ3) is 1.96. The highest BCUT2D eigenvalue weighted by Crippen LogP contribution is 2.33. The monoisotopic (exact) mass is 220 g/mol. The Labute approximate surface area is 95.0 Å². The number of nitrogen functional groups attached to an aromatic ring is 1. The van der Waals surface area contributed by atoms with Gasteiger partial charge < -0.3 is 15.4 Å². The van der Waals surface area contributed by atoms with Gasteiger partial charge >= 0.3 is 5.97 Å². The first kappa shape index (κ1) is 10.8. The van der Waals surface area contributed by atoms with Crippen molar-refractivity contribution in [1.82, 2.24) is 0 Å². The van der Waals surface area contributed by atoms with Crippen LogP contribution in [0.4, 0.5) is 11.4 Å². The van der Waals surface area contributed by atoms with Gasteiger partial charge in [-0.2, -0.15) is 0 Å². The molecule has 4 heteroatoms. The summed E-state index contributed by atoms with van der Waals surface area (Å²) < 4.78 is 4.76. The van der Waals surface area contributed by atoms with Crippen molar-refractivity contribution >= 4 is 17.3 Å². The van der Waals surface area contributed by atoms with Gasteiger partial charge in [0, 0.05) is 18.8 Å². The highest BCUT2D eigenvalue weighted by molar-refractivity contribution is 5.97. The molecule has 86 valence electrons. The minimum Gasteiger partial charge on any atom is -0.465 e. The lowest BCUT2D eigenvalue weighted by Crippen LogP contribution is -2.22. The van der Waals surface area contributed by atoms with Gasteiger partial charge in [-0.05, 0) is 31.0 Å². The van der Waals surface area contributed by atoms with Crippen LogP contribution in [-0.4, -0.2) is 26.2 Å². The van der Waals surface area contributed by atoms with Crippen LogP contribution in [0.25, 0.3) is 0 Å². The Balaban J connectivity index is 2.38. The van der Waals surface area contributed by atoms with Crippen molar-refractivity contribution in [2.75, 3.05) is 24.8 Å². The lowest BCUT2D eigenvalue weighted by molar-refractivity contribution is 0.0601. The van der Waals surface area contributed by atoms with E-state index in [0.717, 1.165) is 5.69 Å². The Morgan fingerprint density at radius 1 is 1.50 bits per heavy atom. The molecule has 16 heavy (non-hydrogen) atoms. The zero-order chi connectivity index (χ0) is 11.7. The molecule has 1 fully saturated rings. The Bertz CT molecular complexity index is 413. The number of rotatable bonds is 3. The Morgan fingerprint density at radius 2 is 2.19 bits per heavy atom. The summed E-state index contributed by atoms with van der Waals surface area (Å²) in [5.74, 6) is -0.338. The average molecular weight is 220 g/mol. The van der Waals surface area contributed by atoms with Crippen LogP contribution in [0, 0.1) is 0 Å². The number of anilines is 2. The van der Waals surface area contributed by atoms with E-state index in [-0.39, 0.29) is 5.97 Å². The molecule has 0 heterocycles. The second kappa shape index (κ2) is 4.04. The summed E-state index contributed by atoms with van der Waals surface area (Å²) in [5.41, 5.74) is 7.69. The number of carbonyl (C=O) groups is 1. The molecule has 2 N–H and O–H groups in total. The van der Waals surface area contributed by atoms with Crippen molar-refractivity contribution in [3.63, 3.8) is 0 Å². The highest BCUT2D eigenvalue weighted by Gasteiger charge is 2.28. The van der Waals surface area contributed by atoms with E-state index in [2.05, 4.69) is 4.90 Å². The van der Waals surface area contributed by atoms with Crippen molar-refractivity contribution < 1.29 is 9.53 Å². The topological polar surface area (TPSA) is 55.6 Å². The third-order valence-corrected chi connectivity index (χ3v) is 2.90. The number of nitrogens with zero attached hydrogens (tertiary/aromatic N) is 1. The lowest BCUT2D eigenvalue weighted by Gasteiger charge is -2.21. The SMILES string of the molecule is COC(=O)c1cc(N)ccc1N(C)C1CC1. The van der Waals surface area contributed by atoms with Crippen LogP contribution in [0.2, 0.25) is 0 Å². The molecule has 1 saturated carbocycles. The fourth-order valence-electron chi connectivity index (χ4n) is 1.79. The summed E-state index contributed by atoms with van der Waals surface area (Å²) in [6.07, 6.45) is 2.36. The molecule has 0 atom stereocenters. The number of hydrogen-bond donors (Lipinski definition) is 1. The van der Waals surface area contributed by atoms with Gasteiger partial charge in [0.15, 0.2) is 0 Å². The normalized spacial score (nSPS) is 14.6. The van der Waals surface area contributed by atoms with Crippen molar-refractivity contribution in [2.24, 2.45) is 0 Å². The second-order valence-electron chi connectivity index (χ2n) is 4.11. The molecule has 0 aromatic heterocycles. The van der Waals surface area contributed by atoms with Crippen LogP contribution >= 0.6 is 0 Å². The quantitative estimate of drug-likeness (QED) is 0.621. The van der Waals surface area contributed by atoms with Crippen LogP contribution in [0.3, 0.4) is 0 Å². The number of esters is 1. The lowest BCUT2D eigenvalue weighted by atomic mass is 10.1. The maximum Gasteiger partial charge on any atom is 0.340 e. The second-order valence-corrected chi connectivity index (χ2v) is 4.11. The van der Waals surface area contributed by atoms with Gasteiger partial charge in [0.2, 0.25) is 0 Å². The van der Waals surface area contributed by atoms with Gasteiger partial charge in [0.05, 0.1) is 18.4 Å². The first-order valence-electron chi connectivity index (χ1n) is 5.34. The van der Waals surface area contributed by atoms with Gasteiger partial charge in [-0.1, -0.05) is 0 Å². The van der Waals surface area contributed by atoms with Gasteiger partial charge in [-0.25, -0.2) is 4.79 Å². The van der Waals surface area contributed by atoms with Crippen LogP contribution in [-0.2, 0) is 4.74 Å². The predicted octanol–water partition coefficient (Wildman–Crippen LogP) is 1.65. The Hall–Kier alpha value is -1.71. The summed E-state index contributed by atoms with van der Waals surface area (Å²) in [4.78, 5) is 13.7. The summed E-state index contributed by atoms with van der Waals surface area (Å²) in [6, 6.07) is 5.90. The Morgan fingerprint density at radius 3 is 2.75 bits per heavy atom. The van der Waals surface area contributed by atoms with Crippen molar-refractivity contribution in [3.8, 4) is 0 Å². The summed E-state index contributed by atoms with van der Waals surface area (Å²) in [5, 5.41) is 0. The molecule has 0 radical (unpaired) electrons. The molecule has 0 bridgehead atoms. The molecule has 2 rings (SSSR count). The van der Waals surface area contributed by atoms with Crippen molar-refractivity contribution in [2.45, 2.75) is 18.9 Å². The average Bonchev–Trinajstić information content (AvgIpc) is 3.11. The number of nitrogens with two attached hydrogens (primary N) is 1. The van der Waals surface area contributed by atoms with E-state index in [1.54, 1.807) is 12.1 Å². The molecule has 0 spiro atoms. The first-order chi connectivity index (χ1) is 7.63. The highest BCUT2D eigenvalue weighted by atomic mass is 16.5. The fourth-order valence-corrected chi connectivity index (χ4v) is 1.79. The third-order valence-electron chi connectivity index (χ3n) is 2.90. The van der Waals surface area contributed by atoms with Gasteiger partial charge in [0.1, 0.15) is 0 Å². The number of ether oxygens (including phenoxy) is 1. The minimum absolute atomic E-state index is 0.338. The van der Waals surface area contributed by atoms with Gasteiger partial charge in [-0.3, -0.25) is 0 Å². The van der Waals surface area contributed by atoms with E-state index in [1.807, 2.05) is 13.1 Å². The molecule has 1 aliphatic rings. The largest absolute Gasteiger partial charge is 0.465 e. The van der Waals surface area contributed by atoms with E-state index in [1.165, 1.54) is 20.0 Å². The smallest absolute Gasteiger partial charge is 0.340 e. The zero-order valence-electron chi connectivity index (χ0n) is 9.56. The molecule has 1 aliphatic carbocycles. The standard InChI is InChI=1S/C12H16N2O2/c1-14(9-4-5-9)11-6-3-8(13)7-10(11)12(15)16-2/h3,6-7,9H,4-5,13H2,1-2H3. The van der Waals surface area contributed by atoms with Crippen molar-refractivity contribution in [1.29, 1.82) is 0 Å². The zero-order valence-corrected chi connectivity index (χ0v) is 9.56. The summed E-state index contributed by atoms with van der Waals surface area (Å²) >= 11 is 0. The number of benzene rings is 1. The molecule has 0 amide bonds. The number of methoxy groups -OCH3 is 1. The van der Waals surface area contributed by atoms with Crippen LogP contribution in [0.1, 0.15) is 23.2 Å². The minimum atomic E-state index is -0.338. The molecule has 0 saturated heterocycles. The number of hydrogen-bond acceptors (Lipinski definition) is 4. The molecule has 0 aliphatic heterocycles. The molecule has 0 unspecified atom stereocenters.